The van der Waals surface area contributed by atoms with Crippen LogP contribution in [0.5, 0.6) is 0 Å². The van der Waals surface area contributed by atoms with Crippen molar-refractivity contribution < 1.29 is 9.32 Å². The second-order valence-electron chi connectivity index (χ2n) is 3.95. The van der Waals surface area contributed by atoms with Gasteiger partial charge in [0.2, 0.25) is 0 Å². The number of hydrogen-bond acceptors (Lipinski definition) is 5. The first kappa shape index (κ1) is 12.1. The molecule has 0 saturated heterocycles. The van der Waals surface area contributed by atoms with Crippen LogP contribution in [0.25, 0.3) is 10.4 Å². The van der Waals surface area contributed by atoms with Gasteiger partial charge in [0.05, 0.1) is 4.88 Å². The summed E-state index contributed by atoms with van der Waals surface area (Å²) in [7, 11) is 0. The monoisotopic (exact) mass is 290 g/mol. The Bertz CT molecular complexity index is 698. The van der Waals surface area contributed by atoms with E-state index in [1.54, 1.807) is 24.3 Å². The maximum absolute atomic E-state index is 12.0. The average molecular weight is 290 g/mol. The lowest BCUT2D eigenvalue weighted by atomic mass is 10.2. The lowest BCUT2D eigenvalue weighted by Gasteiger charge is -1.96. The van der Waals surface area contributed by atoms with E-state index in [1.165, 1.54) is 11.3 Å². The number of carbonyl (C=O) groups excluding carboxylic acids is 1. The number of anilines is 1. The van der Waals surface area contributed by atoms with E-state index in [4.69, 9.17) is 4.52 Å². The van der Waals surface area contributed by atoms with Gasteiger partial charge >= 0.3 is 0 Å². The second-order valence-corrected chi connectivity index (χ2v) is 5.81. The zero-order chi connectivity index (χ0) is 13.2. The maximum atomic E-state index is 12.0. The summed E-state index contributed by atoms with van der Waals surface area (Å²) in [6.45, 7) is 1.78. The molecule has 0 bridgehead atoms. The highest BCUT2D eigenvalue weighted by Crippen LogP contribution is 2.29. The van der Waals surface area contributed by atoms with Crippen LogP contribution in [-0.2, 0) is 0 Å². The number of thiophene rings is 2. The second kappa shape index (κ2) is 4.99. The third kappa shape index (κ3) is 2.59. The van der Waals surface area contributed by atoms with Crippen LogP contribution in [0.3, 0.4) is 0 Å². The molecule has 3 heterocycles. The number of nitrogens with zero attached hydrogens (tertiary/aromatic N) is 1. The van der Waals surface area contributed by atoms with E-state index < -0.39 is 0 Å². The fourth-order valence-corrected chi connectivity index (χ4v) is 3.22. The SMILES string of the molecule is Cc1cc(NC(=O)c2cc(-c3cccs3)cs2)no1. The molecule has 1 N–H and O–H groups in total. The van der Waals surface area contributed by atoms with Gasteiger partial charge in [-0.3, -0.25) is 4.79 Å². The number of carbonyl (C=O) groups is 1. The molecule has 3 aromatic heterocycles. The van der Waals surface area contributed by atoms with Crippen LogP contribution in [0.2, 0.25) is 0 Å². The van der Waals surface area contributed by atoms with Crippen molar-refractivity contribution in [1.29, 1.82) is 0 Å². The van der Waals surface area contributed by atoms with Gasteiger partial charge in [-0.15, -0.1) is 22.7 Å². The minimum atomic E-state index is -0.166. The fourth-order valence-electron chi connectivity index (χ4n) is 1.63. The van der Waals surface area contributed by atoms with Gasteiger partial charge in [0.15, 0.2) is 5.82 Å². The van der Waals surface area contributed by atoms with Gasteiger partial charge in [-0.2, -0.15) is 0 Å². The van der Waals surface area contributed by atoms with E-state index in [-0.39, 0.29) is 5.91 Å². The molecule has 0 radical (unpaired) electrons. The molecule has 6 heteroatoms. The molecule has 3 aromatic rings. The molecule has 0 aliphatic carbocycles. The highest BCUT2D eigenvalue weighted by atomic mass is 32.1. The summed E-state index contributed by atoms with van der Waals surface area (Å²) >= 11 is 3.07. The lowest BCUT2D eigenvalue weighted by molar-refractivity contribution is 0.102. The maximum Gasteiger partial charge on any atom is 0.266 e. The zero-order valence-corrected chi connectivity index (χ0v) is 11.7. The highest BCUT2D eigenvalue weighted by Gasteiger charge is 2.12. The normalized spacial score (nSPS) is 10.6. The largest absolute Gasteiger partial charge is 0.360 e. The smallest absolute Gasteiger partial charge is 0.266 e. The molecule has 0 spiro atoms. The average Bonchev–Trinajstić information content (AvgIpc) is 3.08. The van der Waals surface area contributed by atoms with Crippen molar-refractivity contribution >= 4 is 34.4 Å². The van der Waals surface area contributed by atoms with Gasteiger partial charge in [-0.1, -0.05) is 11.2 Å². The number of nitrogens with one attached hydrogen (secondary N) is 1. The summed E-state index contributed by atoms with van der Waals surface area (Å²) < 4.78 is 4.91. The van der Waals surface area contributed by atoms with Crippen molar-refractivity contribution in [1.82, 2.24) is 5.16 Å². The van der Waals surface area contributed by atoms with E-state index in [0.717, 1.165) is 10.4 Å². The van der Waals surface area contributed by atoms with Crippen molar-refractivity contribution in [2.75, 3.05) is 5.32 Å². The van der Waals surface area contributed by atoms with Crippen LogP contribution in [0.4, 0.5) is 5.82 Å². The van der Waals surface area contributed by atoms with Crippen LogP contribution in [0, 0.1) is 6.92 Å². The minimum absolute atomic E-state index is 0.166. The Morgan fingerprint density at radius 3 is 2.95 bits per heavy atom. The fraction of sp³-hybridized carbons (Fsp3) is 0.0769. The van der Waals surface area contributed by atoms with Gasteiger partial charge < -0.3 is 9.84 Å². The van der Waals surface area contributed by atoms with Crippen molar-refractivity contribution in [3.63, 3.8) is 0 Å². The van der Waals surface area contributed by atoms with Crippen LogP contribution in [0.1, 0.15) is 15.4 Å². The van der Waals surface area contributed by atoms with Crippen LogP contribution in [0.15, 0.2) is 39.5 Å². The molecule has 0 saturated carbocycles. The minimum Gasteiger partial charge on any atom is -0.360 e. The standard InChI is InChI=1S/C13H10N2O2S2/c1-8-5-12(15-17-8)14-13(16)11-6-9(7-19-11)10-3-2-4-18-10/h2-7H,1H3,(H,14,15,16). The van der Waals surface area contributed by atoms with Crippen LogP contribution < -0.4 is 5.32 Å². The van der Waals surface area contributed by atoms with Crippen molar-refractivity contribution in [3.05, 3.63) is 45.7 Å². The Labute approximate surface area is 117 Å². The molecule has 3 rings (SSSR count). The van der Waals surface area contributed by atoms with Crippen LogP contribution in [-0.4, -0.2) is 11.1 Å². The quantitative estimate of drug-likeness (QED) is 0.792. The van der Waals surface area contributed by atoms with Gasteiger partial charge in [0.25, 0.3) is 5.91 Å². The number of aryl methyl sites for hydroxylation is 1. The predicted octanol–water partition coefficient (Wildman–Crippen LogP) is 4.03. The molecule has 96 valence electrons. The first-order valence-electron chi connectivity index (χ1n) is 5.59. The number of amides is 1. The molecule has 4 nitrogen and oxygen atoms in total. The predicted molar refractivity (Wildman–Crippen MR) is 76.8 cm³/mol. The molecular weight excluding hydrogens is 280 g/mol. The number of rotatable bonds is 3. The van der Waals surface area contributed by atoms with E-state index in [0.29, 0.717) is 16.5 Å². The summed E-state index contributed by atoms with van der Waals surface area (Å²) in [6, 6.07) is 7.61. The molecule has 1 amide bonds. The summed E-state index contributed by atoms with van der Waals surface area (Å²) in [5.41, 5.74) is 1.07. The first-order valence-corrected chi connectivity index (χ1v) is 7.35. The summed E-state index contributed by atoms with van der Waals surface area (Å²) in [6.07, 6.45) is 0. The molecule has 0 unspecified atom stereocenters. The molecule has 0 aliphatic rings. The van der Waals surface area contributed by atoms with Crippen molar-refractivity contribution in [3.8, 4) is 10.4 Å². The zero-order valence-electron chi connectivity index (χ0n) is 10.0. The van der Waals surface area contributed by atoms with Crippen molar-refractivity contribution in [2.45, 2.75) is 6.92 Å². The third-order valence-electron chi connectivity index (χ3n) is 2.50. The van der Waals surface area contributed by atoms with Crippen molar-refractivity contribution in [2.24, 2.45) is 0 Å². The Morgan fingerprint density at radius 2 is 2.26 bits per heavy atom. The summed E-state index contributed by atoms with van der Waals surface area (Å²) in [4.78, 5) is 13.8. The van der Waals surface area contributed by atoms with Gasteiger partial charge in [-0.05, 0) is 24.4 Å². The van der Waals surface area contributed by atoms with E-state index in [1.807, 2.05) is 29.0 Å². The molecule has 0 fully saturated rings. The number of hydrogen-bond donors (Lipinski definition) is 1. The molecule has 19 heavy (non-hydrogen) atoms. The summed E-state index contributed by atoms with van der Waals surface area (Å²) in [5.74, 6) is 0.940. The van der Waals surface area contributed by atoms with E-state index >= 15 is 0 Å². The third-order valence-corrected chi connectivity index (χ3v) is 4.35. The molecule has 0 atom stereocenters. The Morgan fingerprint density at radius 1 is 1.37 bits per heavy atom. The van der Waals surface area contributed by atoms with E-state index in [9.17, 15) is 4.79 Å². The molecule has 0 aromatic carbocycles. The van der Waals surface area contributed by atoms with E-state index in [2.05, 4.69) is 10.5 Å². The first-order chi connectivity index (χ1) is 9.22. The lowest BCUT2D eigenvalue weighted by Crippen LogP contribution is -2.10. The molecule has 0 aliphatic heterocycles. The number of aromatic nitrogens is 1. The van der Waals surface area contributed by atoms with Gasteiger partial charge in [0.1, 0.15) is 5.76 Å². The van der Waals surface area contributed by atoms with Crippen LogP contribution >= 0.6 is 22.7 Å². The molecular formula is C13H10N2O2S2. The van der Waals surface area contributed by atoms with Gasteiger partial charge in [0, 0.05) is 21.9 Å². The Kier molecular flexibility index (Phi) is 3.18. The Hall–Kier alpha value is -1.92. The Balaban J connectivity index is 1.77. The topological polar surface area (TPSA) is 55.1 Å². The van der Waals surface area contributed by atoms with Gasteiger partial charge in [-0.25, -0.2) is 0 Å². The highest BCUT2D eigenvalue weighted by molar-refractivity contribution is 7.15. The summed E-state index contributed by atoms with van der Waals surface area (Å²) in [5, 5.41) is 10.4.